The van der Waals surface area contributed by atoms with E-state index in [1.165, 1.54) is 124 Å². The molecule has 0 amide bonds. The standard InChI is InChI=1S/C56H45BN2/c1-3-13-38(14-4-1)58-50-31-42-40-17-7-9-19-43(40)55(34-23-24-35(55)26-25-34)45(42)32-48(50)57-47-21-11-12-22-49(47)59(39-15-5-2-6-16-39)54-52-41-18-8-10-20-44(41)56(36-27-28-37(56)30-29-36)46(52)33-51(58)53(54)57/h1-22,31-37H,23-30H2. The SMILES string of the molecule is c1ccc(N2c3cc4c(cc3B3c5ccccc5N(c5ccccc5)c5c3c2cc2c5-c3ccccc3C23C2CCC3CC2)C2(c3ccccc3-4)C3CCC2CC3)cc1. The molecule has 15 rings (SSSR count). The lowest BCUT2D eigenvalue weighted by atomic mass is 9.33. The highest BCUT2D eigenvalue weighted by Gasteiger charge is 2.63. The number of anilines is 6. The highest BCUT2D eigenvalue weighted by molar-refractivity contribution is 7.00. The van der Waals surface area contributed by atoms with E-state index in [1.54, 1.807) is 22.3 Å². The Hall–Kier alpha value is -5.80. The maximum absolute atomic E-state index is 2.78. The van der Waals surface area contributed by atoms with Crippen LogP contribution in [0, 0.1) is 23.7 Å². The molecule has 0 unspecified atom stereocenters. The molecule has 4 saturated carbocycles. The monoisotopic (exact) mass is 756 g/mol. The van der Waals surface area contributed by atoms with Gasteiger partial charge in [-0.15, -0.1) is 0 Å². The minimum absolute atomic E-state index is 0.0555. The molecule has 2 spiro atoms. The second-order valence-electron chi connectivity index (χ2n) is 19.3. The first-order chi connectivity index (χ1) is 29.3. The molecule has 4 bridgehead atoms. The molecule has 2 aliphatic heterocycles. The van der Waals surface area contributed by atoms with E-state index in [0.717, 1.165) is 11.8 Å². The van der Waals surface area contributed by atoms with Crippen LogP contribution in [0.1, 0.15) is 73.6 Å². The fourth-order valence-corrected chi connectivity index (χ4v) is 15.8. The first kappa shape index (κ1) is 32.1. The molecule has 0 radical (unpaired) electrons. The quantitative estimate of drug-likeness (QED) is 0.162. The largest absolute Gasteiger partial charge is 0.311 e. The average molecular weight is 757 g/mol. The Bertz CT molecular complexity index is 2930. The van der Waals surface area contributed by atoms with Crippen molar-refractivity contribution in [3.05, 3.63) is 174 Å². The van der Waals surface area contributed by atoms with Gasteiger partial charge in [0.2, 0.25) is 0 Å². The summed E-state index contributed by atoms with van der Waals surface area (Å²) >= 11 is 0. The van der Waals surface area contributed by atoms with Crippen molar-refractivity contribution >= 4 is 57.2 Å². The number of fused-ring (bicyclic) bond motifs is 11. The van der Waals surface area contributed by atoms with Crippen molar-refractivity contribution in [2.24, 2.45) is 23.7 Å². The number of hydrogen-bond acceptors (Lipinski definition) is 2. The van der Waals surface area contributed by atoms with Crippen LogP contribution in [0.15, 0.2) is 152 Å². The third-order valence-corrected chi connectivity index (χ3v) is 17.5. The fourth-order valence-electron chi connectivity index (χ4n) is 15.8. The summed E-state index contributed by atoms with van der Waals surface area (Å²) in [5, 5.41) is 0. The molecule has 3 heteroatoms. The summed E-state index contributed by atoms with van der Waals surface area (Å²) in [5.41, 5.74) is 24.8. The van der Waals surface area contributed by atoms with Gasteiger partial charge in [0.25, 0.3) is 6.71 Å². The van der Waals surface area contributed by atoms with Crippen molar-refractivity contribution in [2.45, 2.75) is 62.2 Å². The van der Waals surface area contributed by atoms with E-state index in [0.29, 0.717) is 11.8 Å². The molecular formula is C56H45BN2. The van der Waals surface area contributed by atoms with Gasteiger partial charge in [-0.25, -0.2) is 0 Å². The van der Waals surface area contributed by atoms with Crippen LogP contribution in [0.3, 0.4) is 0 Å². The fraction of sp³-hybridized carbons (Fsp3) is 0.250. The Balaban J connectivity index is 1.12. The third-order valence-electron chi connectivity index (χ3n) is 17.5. The van der Waals surface area contributed by atoms with Crippen molar-refractivity contribution in [2.75, 3.05) is 9.80 Å². The van der Waals surface area contributed by atoms with Crippen LogP contribution in [0.5, 0.6) is 0 Å². The van der Waals surface area contributed by atoms with Gasteiger partial charge in [0, 0.05) is 44.8 Å². The lowest BCUT2D eigenvalue weighted by Gasteiger charge is -2.46. The number of benzene rings is 7. The summed E-state index contributed by atoms with van der Waals surface area (Å²) < 4.78 is 0. The third kappa shape index (κ3) is 3.60. The predicted octanol–water partition coefficient (Wildman–Crippen LogP) is 11.9. The van der Waals surface area contributed by atoms with E-state index in [4.69, 9.17) is 0 Å². The molecular weight excluding hydrogens is 711 g/mol. The van der Waals surface area contributed by atoms with Crippen molar-refractivity contribution in [1.82, 2.24) is 0 Å². The summed E-state index contributed by atoms with van der Waals surface area (Å²) in [4.78, 5) is 5.40. The lowest BCUT2D eigenvalue weighted by molar-refractivity contribution is 0.400. The van der Waals surface area contributed by atoms with E-state index in [9.17, 15) is 0 Å². The van der Waals surface area contributed by atoms with Crippen LogP contribution < -0.4 is 26.2 Å². The topological polar surface area (TPSA) is 6.48 Å². The van der Waals surface area contributed by atoms with Crippen LogP contribution in [0.2, 0.25) is 0 Å². The molecule has 8 aliphatic rings. The van der Waals surface area contributed by atoms with E-state index in [1.807, 2.05) is 0 Å². The first-order valence-electron chi connectivity index (χ1n) is 22.7. The Kier molecular flexibility index (Phi) is 6.02. The van der Waals surface area contributed by atoms with Gasteiger partial charge < -0.3 is 9.80 Å². The lowest BCUT2D eigenvalue weighted by Crippen LogP contribution is -2.61. The summed E-state index contributed by atoms with van der Waals surface area (Å²) in [6.45, 7) is 0.102. The zero-order chi connectivity index (χ0) is 38.2. The van der Waals surface area contributed by atoms with Gasteiger partial charge in [0.15, 0.2) is 0 Å². The summed E-state index contributed by atoms with van der Waals surface area (Å²) in [7, 11) is 0. The zero-order valence-corrected chi connectivity index (χ0v) is 33.4. The number of nitrogens with zero attached hydrogens (tertiary/aromatic N) is 2. The van der Waals surface area contributed by atoms with Crippen molar-refractivity contribution in [1.29, 1.82) is 0 Å². The van der Waals surface area contributed by atoms with E-state index >= 15 is 0 Å². The summed E-state index contributed by atoms with van der Waals surface area (Å²) in [6, 6.07) is 59.6. The number of rotatable bonds is 2. The second-order valence-corrected chi connectivity index (χ2v) is 19.3. The summed E-state index contributed by atoms with van der Waals surface area (Å²) in [5.74, 6) is 2.79. The van der Waals surface area contributed by atoms with Crippen molar-refractivity contribution < 1.29 is 0 Å². The molecule has 59 heavy (non-hydrogen) atoms. The van der Waals surface area contributed by atoms with Gasteiger partial charge in [-0.05, 0) is 173 Å². The van der Waals surface area contributed by atoms with Crippen LogP contribution in [0.25, 0.3) is 22.3 Å². The van der Waals surface area contributed by atoms with E-state index < -0.39 is 0 Å². The minimum atomic E-state index is 0.0555. The molecule has 0 N–H and O–H groups in total. The molecule has 6 aliphatic carbocycles. The highest BCUT2D eigenvalue weighted by Crippen LogP contribution is 2.71. The van der Waals surface area contributed by atoms with Gasteiger partial charge >= 0.3 is 0 Å². The maximum atomic E-state index is 2.78. The average Bonchev–Trinajstić information content (AvgIpc) is 4.15. The van der Waals surface area contributed by atoms with Gasteiger partial charge in [-0.1, -0.05) is 109 Å². The second kappa shape index (κ2) is 11.1. The Morgan fingerprint density at radius 2 is 0.915 bits per heavy atom. The van der Waals surface area contributed by atoms with E-state index in [2.05, 4.69) is 161 Å². The molecule has 2 nitrogen and oxygen atoms in total. The van der Waals surface area contributed by atoms with Crippen LogP contribution in [-0.4, -0.2) is 6.71 Å². The molecule has 282 valence electrons. The van der Waals surface area contributed by atoms with Crippen molar-refractivity contribution in [3.8, 4) is 22.3 Å². The van der Waals surface area contributed by atoms with Crippen LogP contribution in [0.4, 0.5) is 34.1 Å². The number of para-hydroxylation sites is 3. The Morgan fingerprint density at radius 3 is 1.58 bits per heavy atom. The molecule has 4 fully saturated rings. The number of hydrogen-bond donors (Lipinski definition) is 0. The summed E-state index contributed by atoms with van der Waals surface area (Å²) in [6.07, 6.45) is 10.7. The smallest absolute Gasteiger partial charge is 0.252 e. The van der Waals surface area contributed by atoms with Crippen LogP contribution in [-0.2, 0) is 10.8 Å². The Labute approximate surface area is 347 Å². The normalized spacial score (nSPS) is 27.5. The molecule has 2 heterocycles. The van der Waals surface area contributed by atoms with Gasteiger partial charge in [-0.3, -0.25) is 0 Å². The van der Waals surface area contributed by atoms with Gasteiger partial charge in [0.1, 0.15) is 0 Å². The van der Waals surface area contributed by atoms with E-state index in [-0.39, 0.29) is 17.5 Å². The predicted molar refractivity (Wildman–Crippen MR) is 244 cm³/mol. The first-order valence-corrected chi connectivity index (χ1v) is 22.7. The molecule has 0 atom stereocenters. The zero-order valence-electron chi connectivity index (χ0n) is 33.4. The highest BCUT2D eigenvalue weighted by atomic mass is 15.2. The molecule has 0 saturated heterocycles. The molecule has 7 aromatic rings. The Morgan fingerprint density at radius 1 is 0.390 bits per heavy atom. The van der Waals surface area contributed by atoms with Gasteiger partial charge in [0.05, 0.1) is 5.69 Å². The van der Waals surface area contributed by atoms with Crippen LogP contribution >= 0.6 is 0 Å². The molecule has 7 aromatic carbocycles. The van der Waals surface area contributed by atoms with Crippen molar-refractivity contribution in [3.63, 3.8) is 0 Å². The minimum Gasteiger partial charge on any atom is -0.311 e. The molecule has 0 aromatic heterocycles. The van der Waals surface area contributed by atoms with Gasteiger partial charge in [-0.2, -0.15) is 0 Å². The maximum Gasteiger partial charge on any atom is 0.252 e.